The number of hydrazine groups is 1. The van der Waals surface area contributed by atoms with E-state index in [1.165, 1.54) is 30.3 Å². The highest BCUT2D eigenvalue weighted by molar-refractivity contribution is 6.42. The molecule has 1 saturated heterocycles. The molecule has 1 fully saturated rings. The third-order valence-electron chi connectivity index (χ3n) is 4.41. The summed E-state index contributed by atoms with van der Waals surface area (Å²) >= 11 is 11.8. The van der Waals surface area contributed by atoms with Gasteiger partial charge in [-0.15, -0.1) is 0 Å². The molecule has 28 heavy (non-hydrogen) atoms. The standard InChI is InChI=1S/C17H11Cl2N3O6/c18-11-2-1-9(5-12(11)19)21-17(24)10(16(23)20-21)3-8-4-14-15(28-7-27-14)6-13(8)22(25)26/h1-2,4-6,10H,3,7H2,(H,20,23). The summed E-state index contributed by atoms with van der Waals surface area (Å²) in [5.41, 5.74) is 2.73. The van der Waals surface area contributed by atoms with Gasteiger partial charge in [0.15, 0.2) is 11.5 Å². The molecule has 2 aliphatic heterocycles. The van der Waals surface area contributed by atoms with E-state index in [4.69, 9.17) is 32.7 Å². The molecule has 0 saturated carbocycles. The van der Waals surface area contributed by atoms with Crippen molar-refractivity contribution in [2.75, 3.05) is 11.8 Å². The number of hydrogen-bond acceptors (Lipinski definition) is 6. The van der Waals surface area contributed by atoms with E-state index < -0.39 is 22.7 Å². The van der Waals surface area contributed by atoms with Gasteiger partial charge in [-0.05, 0) is 30.7 Å². The van der Waals surface area contributed by atoms with Crippen molar-refractivity contribution in [2.24, 2.45) is 5.92 Å². The Balaban J connectivity index is 1.64. The van der Waals surface area contributed by atoms with E-state index in [0.717, 1.165) is 5.01 Å². The van der Waals surface area contributed by atoms with Crippen LogP contribution in [0.3, 0.4) is 0 Å². The number of nitrogens with one attached hydrogen (secondary N) is 1. The maximum Gasteiger partial charge on any atom is 0.276 e. The van der Waals surface area contributed by atoms with Gasteiger partial charge in [0.05, 0.1) is 26.7 Å². The number of nitro groups is 1. The van der Waals surface area contributed by atoms with Crippen LogP contribution in [-0.2, 0) is 16.0 Å². The Hall–Kier alpha value is -3.04. The largest absolute Gasteiger partial charge is 0.454 e. The van der Waals surface area contributed by atoms with E-state index in [0.29, 0.717) is 16.5 Å². The second kappa shape index (κ2) is 6.84. The van der Waals surface area contributed by atoms with Crippen LogP contribution < -0.4 is 19.9 Å². The Morgan fingerprint density at radius 1 is 1.14 bits per heavy atom. The number of hydrogen-bond donors (Lipinski definition) is 1. The molecule has 2 aliphatic rings. The molecule has 0 spiro atoms. The fourth-order valence-electron chi connectivity index (χ4n) is 3.03. The van der Waals surface area contributed by atoms with Crippen molar-refractivity contribution in [3.63, 3.8) is 0 Å². The lowest BCUT2D eigenvalue weighted by Crippen LogP contribution is -2.35. The lowest BCUT2D eigenvalue weighted by molar-refractivity contribution is -0.385. The average molecular weight is 424 g/mol. The highest BCUT2D eigenvalue weighted by Gasteiger charge is 2.41. The molecule has 144 valence electrons. The molecule has 0 radical (unpaired) electrons. The number of halogens is 2. The van der Waals surface area contributed by atoms with Crippen molar-refractivity contribution in [1.29, 1.82) is 0 Å². The van der Waals surface area contributed by atoms with Crippen LogP contribution in [-0.4, -0.2) is 23.5 Å². The van der Waals surface area contributed by atoms with Gasteiger partial charge in [0.1, 0.15) is 5.92 Å². The average Bonchev–Trinajstić information content (AvgIpc) is 3.22. The topological polar surface area (TPSA) is 111 Å². The zero-order valence-electron chi connectivity index (χ0n) is 14.0. The van der Waals surface area contributed by atoms with Crippen molar-refractivity contribution < 1.29 is 24.0 Å². The summed E-state index contributed by atoms with van der Waals surface area (Å²) in [5, 5.41) is 13.0. The summed E-state index contributed by atoms with van der Waals surface area (Å²) in [6.07, 6.45) is -0.171. The Morgan fingerprint density at radius 3 is 2.54 bits per heavy atom. The van der Waals surface area contributed by atoms with Crippen molar-refractivity contribution >= 4 is 46.4 Å². The highest BCUT2D eigenvalue weighted by Crippen LogP contribution is 2.39. The molecule has 11 heteroatoms. The Labute approximate surface area is 167 Å². The van der Waals surface area contributed by atoms with Crippen molar-refractivity contribution in [2.45, 2.75) is 6.42 Å². The highest BCUT2D eigenvalue weighted by atomic mass is 35.5. The van der Waals surface area contributed by atoms with Crippen LogP contribution >= 0.6 is 23.2 Å². The zero-order valence-corrected chi connectivity index (χ0v) is 15.5. The first kappa shape index (κ1) is 18.3. The molecule has 0 bridgehead atoms. The van der Waals surface area contributed by atoms with Crippen LogP contribution in [0.5, 0.6) is 11.5 Å². The summed E-state index contributed by atoms with van der Waals surface area (Å²) in [5.74, 6) is -1.71. The van der Waals surface area contributed by atoms with E-state index in [2.05, 4.69) is 5.43 Å². The van der Waals surface area contributed by atoms with Crippen LogP contribution in [0.4, 0.5) is 11.4 Å². The van der Waals surface area contributed by atoms with E-state index in [9.17, 15) is 19.7 Å². The SMILES string of the molecule is O=C1NN(c2ccc(Cl)c(Cl)c2)C(=O)C1Cc1cc2c(cc1[N+](=O)[O-])OCO2. The number of carbonyl (C=O) groups excluding carboxylic acids is 2. The lowest BCUT2D eigenvalue weighted by atomic mass is 9.97. The van der Waals surface area contributed by atoms with Gasteiger partial charge in [0, 0.05) is 5.56 Å². The van der Waals surface area contributed by atoms with E-state index in [1.807, 2.05) is 0 Å². The normalized spacial score (nSPS) is 17.8. The van der Waals surface area contributed by atoms with Gasteiger partial charge >= 0.3 is 0 Å². The van der Waals surface area contributed by atoms with Gasteiger partial charge in [-0.2, -0.15) is 0 Å². The predicted molar refractivity (Wildman–Crippen MR) is 98.5 cm³/mol. The fraction of sp³-hybridized carbons (Fsp3) is 0.176. The number of nitrogens with zero attached hydrogens (tertiary/aromatic N) is 2. The van der Waals surface area contributed by atoms with Gasteiger partial charge in [0.25, 0.3) is 17.5 Å². The van der Waals surface area contributed by atoms with Crippen LogP contribution in [0.25, 0.3) is 0 Å². The van der Waals surface area contributed by atoms with Crippen LogP contribution in [0, 0.1) is 16.0 Å². The molecular formula is C17H11Cl2N3O6. The molecule has 9 nitrogen and oxygen atoms in total. The number of ether oxygens (including phenoxy) is 2. The van der Waals surface area contributed by atoms with Crippen LogP contribution in [0.2, 0.25) is 10.0 Å². The number of rotatable bonds is 4. The van der Waals surface area contributed by atoms with E-state index in [1.54, 1.807) is 0 Å². The van der Waals surface area contributed by atoms with Gasteiger partial charge < -0.3 is 9.47 Å². The third-order valence-corrected chi connectivity index (χ3v) is 5.15. The number of benzene rings is 2. The van der Waals surface area contributed by atoms with Crippen molar-refractivity contribution in [3.05, 3.63) is 56.1 Å². The van der Waals surface area contributed by atoms with Crippen LogP contribution in [0.1, 0.15) is 5.56 Å². The quantitative estimate of drug-likeness (QED) is 0.459. The number of fused-ring (bicyclic) bond motifs is 1. The Kier molecular flexibility index (Phi) is 4.48. The lowest BCUT2D eigenvalue weighted by Gasteiger charge is -2.16. The third kappa shape index (κ3) is 3.08. The molecule has 1 N–H and O–H groups in total. The van der Waals surface area contributed by atoms with Crippen molar-refractivity contribution in [1.82, 2.24) is 5.43 Å². The van der Waals surface area contributed by atoms with E-state index in [-0.39, 0.29) is 35.2 Å². The number of amides is 2. The summed E-state index contributed by atoms with van der Waals surface area (Å²) in [4.78, 5) is 36.0. The summed E-state index contributed by atoms with van der Waals surface area (Å²) in [6, 6.07) is 7.11. The monoisotopic (exact) mass is 423 g/mol. The summed E-state index contributed by atoms with van der Waals surface area (Å²) in [7, 11) is 0. The second-order valence-electron chi connectivity index (χ2n) is 6.10. The summed E-state index contributed by atoms with van der Waals surface area (Å²) in [6.45, 7) is -0.0517. The minimum absolute atomic E-state index is 0.0517. The molecule has 0 aliphatic carbocycles. The number of anilines is 1. The minimum atomic E-state index is -1.14. The van der Waals surface area contributed by atoms with Crippen LogP contribution in [0.15, 0.2) is 30.3 Å². The second-order valence-corrected chi connectivity index (χ2v) is 6.91. The Morgan fingerprint density at radius 2 is 1.86 bits per heavy atom. The molecule has 1 atom stereocenters. The zero-order chi connectivity index (χ0) is 20.0. The molecule has 1 unspecified atom stereocenters. The molecule has 2 heterocycles. The van der Waals surface area contributed by atoms with Gasteiger partial charge in [-0.25, -0.2) is 5.01 Å². The smallest absolute Gasteiger partial charge is 0.276 e. The summed E-state index contributed by atoms with van der Waals surface area (Å²) < 4.78 is 10.4. The van der Waals surface area contributed by atoms with Crippen molar-refractivity contribution in [3.8, 4) is 11.5 Å². The first-order valence-electron chi connectivity index (χ1n) is 8.01. The van der Waals surface area contributed by atoms with Gasteiger partial charge in [0.2, 0.25) is 6.79 Å². The number of nitro benzene ring substituents is 1. The molecular weight excluding hydrogens is 413 g/mol. The Bertz CT molecular complexity index is 1030. The van der Waals surface area contributed by atoms with Gasteiger partial charge in [-0.3, -0.25) is 25.1 Å². The molecule has 0 aromatic heterocycles. The first-order valence-corrected chi connectivity index (χ1v) is 8.77. The van der Waals surface area contributed by atoms with Gasteiger partial charge in [-0.1, -0.05) is 23.2 Å². The number of carbonyl (C=O) groups is 2. The fourth-order valence-corrected chi connectivity index (χ4v) is 3.33. The molecule has 2 aromatic carbocycles. The maximum absolute atomic E-state index is 12.8. The van der Waals surface area contributed by atoms with E-state index >= 15 is 0 Å². The first-order chi connectivity index (χ1) is 13.3. The minimum Gasteiger partial charge on any atom is -0.454 e. The maximum atomic E-state index is 12.8. The molecule has 2 aromatic rings. The molecule has 2 amide bonds. The molecule has 4 rings (SSSR count). The predicted octanol–water partition coefficient (Wildman–Crippen LogP) is 2.87.